The first-order valence-corrected chi connectivity index (χ1v) is 10.9. The van der Waals surface area contributed by atoms with Crippen molar-refractivity contribution >= 4 is 23.5 Å². The van der Waals surface area contributed by atoms with E-state index < -0.39 is 5.51 Å². The minimum absolute atomic E-state index is 0.0459. The predicted molar refractivity (Wildman–Crippen MR) is 116 cm³/mol. The summed E-state index contributed by atoms with van der Waals surface area (Å²) in [6.07, 6.45) is 5.95. The molecule has 1 fully saturated rings. The normalized spacial score (nSPS) is 19.5. The minimum Gasteiger partial charge on any atom is -0.363 e. The van der Waals surface area contributed by atoms with E-state index in [1.807, 2.05) is 25.1 Å². The van der Waals surface area contributed by atoms with Crippen molar-refractivity contribution in [3.05, 3.63) is 42.1 Å². The van der Waals surface area contributed by atoms with Gasteiger partial charge in [-0.2, -0.15) is 18.2 Å². The number of anilines is 2. The molecule has 164 valence electrons. The largest absolute Gasteiger partial charge is 0.446 e. The molecule has 0 bridgehead atoms. The monoisotopic (exact) mass is 439 g/mol. The molecule has 0 aliphatic heterocycles. The Bertz CT molecular complexity index is 807. The van der Waals surface area contributed by atoms with E-state index in [1.165, 1.54) is 6.07 Å². The van der Waals surface area contributed by atoms with Crippen LogP contribution in [0.25, 0.3) is 0 Å². The van der Waals surface area contributed by atoms with Crippen molar-refractivity contribution in [2.24, 2.45) is 5.92 Å². The van der Waals surface area contributed by atoms with Gasteiger partial charge in [0.2, 0.25) is 5.95 Å². The van der Waals surface area contributed by atoms with Crippen LogP contribution in [-0.4, -0.2) is 42.2 Å². The predicted octanol–water partition coefficient (Wildman–Crippen LogP) is 4.92. The maximum Gasteiger partial charge on any atom is 0.446 e. The van der Waals surface area contributed by atoms with E-state index in [0.29, 0.717) is 30.0 Å². The summed E-state index contributed by atoms with van der Waals surface area (Å²) >= 11 is -0.0459. The smallest absolute Gasteiger partial charge is 0.363 e. The van der Waals surface area contributed by atoms with Crippen LogP contribution in [0.1, 0.15) is 31.2 Å². The molecule has 0 spiro atoms. The number of aromatic nitrogens is 2. The van der Waals surface area contributed by atoms with Crippen LogP contribution >= 0.6 is 11.8 Å². The molecule has 1 saturated carbocycles. The maximum atomic E-state index is 12.7. The second kappa shape index (κ2) is 10.3. The summed E-state index contributed by atoms with van der Waals surface area (Å²) in [7, 11) is 3.90. The number of benzene rings is 1. The number of hydrogen-bond donors (Lipinski definition) is 2. The van der Waals surface area contributed by atoms with E-state index in [1.54, 1.807) is 24.4 Å². The Balaban J connectivity index is 1.42. The van der Waals surface area contributed by atoms with E-state index in [4.69, 9.17) is 0 Å². The molecule has 1 aromatic heterocycles. The van der Waals surface area contributed by atoms with Crippen LogP contribution in [0.2, 0.25) is 0 Å². The molecule has 5 nitrogen and oxygen atoms in total. The lowest BCUT2D eigenvalue weighted by Crippen LogP contribution is -2.31. The molecule has 1 heterocycles. The van der Waals surface area contributed by atoms with Crippen LogP contribution in [0.15, 0.2) is 41.4 Å². The van der Waals surface area contributed by atoms with E-state index in [0.717, 1.165) is 38.0 Å². The molecular weight excluding hydrogens is 411 g/mol. The summed E-state index contributed by atoms with van der Waals surface area (Å²) in [4.78, 5) is 11.0. The first-order valence-electron chi connectivity index (χ1n) is 10.1. The molecule has 1 aliphatic carbocycles. The zero-order valence-electron chi connectivity index (χ0n) is 17.2. The van der Waals surface area contributed by atoms with E-state index in [2.05, 4.69) is 20.6 Å². The number of nitrogens with zero attached hydrogens (tertiary/aromatic N) is 3. The summed E-state index contributed by atoms with van der Waals surface area (Å²) in [6.45, 7) is 1.26. The molecule has 0 radical (unpaired) electrons. The number of alkyl halides is 3. The molecule has 1 aliphatic rings. The number of nitrogens with one attached hydrogen (secondary N) is 2. The average molecular weight is 440 g/mol. The fourth-order valence-electron chi connectivity index (χ4n) is 3.65. The van der Waals surface area contributed by atoms with Crippen LogP contribution in [0, 0.1) is 5.92 Å². The van der Waals surface area contributed by atoms with Crippen LogP contribution in [0.4, 0.5) is 24.9 Å². The third-order valence-corrected chi connectivity index (χ3v) is 6.08. The van der Waals surface area contributed by atoms with Gasteiger partial charge in [0.1, 0.15) is 5.82 Å². The van der Waals surface area contributed by atoms with Gasteiger partial charge in [0.15, 0.2) is 0 Å². The molecule has 0 atom stereocenters. The third kappa shape index (κ3) is 7.05. The molecule has 0 saturated heterocycles. The molecule has 0 amide bonds. The Hall–Kier alpha value is -2.00. The van der Waals surface area contributed by atoms with Crippen molar-refractivity contribution in [2.45, 2.75) is 48.7 Å². The average Bonchev–Trinajstić information content (AvgIpc) is 2.70. The highest BCUT2D eigenvalue weighted by Gasteiger charge is 2.30. The summed E-state index contributed by atoms with van der Waals surface area (Å²) in [5.74, 6) is 2.05. The lowest BCUT2D eigenvalue weighted by Gasteiger charge is -2.29. The molecule has 2 N–H and O–H groups in total. The highest BCUT2D eigenvalue weighted by molar-refractivity contribution is 8.00. The summed E-state index contributed by atoms with van der Waals surface area (Å²) < 4.78 is 38.1. The van der Waals surface area contributed by atoms with E-state index in [-0.39, 0.29) is 16.7 Å². The van der Waals surface area contributed by atoms with Crippen molar-refractivity contribution in [1.29, 1.82) is 0 Å². The standard InChI is InChI=1S/C21H28F3N5S/c1-29(2)19-11-12-26-20(28-19)27-17-9-7-15(8-10-17)13-25-14-16-5-3-4-6-18(16)30-21(22,23)24/h3-6,11-12,15,17,25H,7-10,13-14H2,1-2H3,(H,26,27,28). The quantitative estimate of drug-likeness (QED) is 0.570. The number of rotatable bonds is 8. The molecule has 3 rings (SSSR count). The SMILES string of the molecule is CN(C)c1ccnc(NC2CCC(CNCc3ccccc3SC(F)(F)F)CC2)n1. The Morgan fingerprint density at radius 1 is 1.10 bits per heavy atom. The van der Waals surface area contributed by atoms with Crippen molar-refractivity contribution in [3.63, 3.8) is 0 Å². The molecular formula is C21H28F3N5S. The Kier molecular flexibility index (Phi) is 7.82. The van der Waals surface area contributed by atoms with Gasteiger partial charge in [0, 0.05) is 37.8 Å². The molecule has 0 unspecified atom stereocenters. The van der Waals surface area contributed by atoms with Crippen LogP contribution < -0.4 is 15.5 Å². The molecule has 1 aromatic carbocycles. The van der Waals surface area contributed by atoms with Gasteiger partial charge in [-0.25, -0.2) is 4.98 Å². The lowest BCUT2D eigenvalue weighted by atomic mass is 9.86. The van der Waals surface area contributed by atoms with E-state index >= 15 is 0 Å². The fraction of sp³-hybridized carbons (Fsp3) is 0.524. The van der Waals surface area contributed by atoms with Crippen molar-refractivity contribution in [1.82, 2.24) is 15.3 Å². The number of halogens is 3. The minimum atomic E-state index is -4.27. The summed E-state index contributed by atoms with van der Waals surface area (Å²) in [6, 6.07) is 8.93. The topological polar surface area (TPSA) is 53.1 Å². The van der Waals surface area contributed by atoms with Crippen LogP contribution in [-0.2, 0) is 6.54 Å². The highest BCUT2D eigenvalue weighted by Crippen LogP contribution is 2.38. The van der Waals surface area contributed by atoms with Gasteiger partial charge in [-0.15, -0.1) is 0 Å². The van der Waals surface area contributed by atoms with Gasteiger partial charge in [0.25, 0.3) is 0 Å². The zero-order chi connectivity index (χ0) is 21.6. The Labute approximate surface area is 179 Å². The van der Waals surface area contributed by atoms with Crippen LogP contribution in [0.5, 0.6) is 0 Å². The van der Waals surface area contributed by atoms with Crippen molar-refractivity contribution < 1.29 is 13.2 Å². The first-order chi connectivity index (χ1) is 14.3. The van der Waals surface area contributed by atoms with Gasteiger partial charge in [-0.05, 0) is 67.6 Å². The first kappa shape index (κ1) is 22.7. The maximum absolute atomic E-state index is 12.7. The van der Waals surface area contributed by atoms with Gasteiger partial charge < -0.3 is 15.5 Å². The van der Waals surface area contributed by atoms with Gasteiger partial charge in [0.05, 0.1) is 0 Å². The van der Waals surface area contributed by atoms with Gasteiger partial charge in [-0.1, -0.05) is 18.2 Å². The zero-order valence-corrected chi connectivity index (χ0v) is 18.1. The van der Waals surface area contributed by atoms with Gasteiger partial charge >= 0.3 is 5.51 Å². The van der Waals surface area contributed by atoms with Gasteiger partial charge in [-0.3, -0.25) is 0 Å². The molecule has 9 heteroatoms. The molecule has 2 aromatic rings. The third-order valence-electron chi connectivity index (χ3n) is 5.23. The lowest BCUT2D eigenvalue weighted by molar-refractivity contribution is -0.0328. The van der Waals surface area contributed by atoms with Crippen molar-refractivity contribution in [2.75, 3.05) is 30.9 Å². The fourth-order valence-corrected chi connectivity index (χ4v) is 4.31. The number of hydrogen-bond acceptors (Lipinski definition) is 6. The van der Waals surface area contributed by atoms with Crippen molar-refractivity contribution in [3.8, 4) is 0 Å². The second-order valence-corrected chi connectivity index (χ2v) is 8.89. The van der Waals surface area contributed by atoms with E-state index in [9.17, 15) is 13.2 Å². The van der Waals surface area contributed by atoms with Crippen LogP contribution in [0.3, 0.4) is 0 Å². The number of thioether (sulfide) groups is 1. The Morgan fingerprint density at radius 2 is 1.83 bits per heavy atom. The highest BCUT2D eigenvalue weighted by atomic mass is 32.2. The summed E-state index contributed by atoms with van der Waals surface area (Å²) in [5, 5.41) is 6.78. The second-order valence-electron chi connectivity index (χ2n) is 7.78. The Morgan fingerprint density at radius 3 is 2.53 bits per heavy atom. The summed E-state index contributed by atoms with van der Waals surface area (Å²) in [5.41, 5.74) is -3.58. The molecule has 30 heavy (non-hydrogen) atoms.